The largest absolute Gasteiger partial charge is 0.385 e. The number of carbonyl (C=O) groups excluding carboxylic acids is 2. The summed E-state index contributed by atoms with van der Waals surface area (Å²) in [6.45, 7) is 3.38. The van der Waals surface area contributed by atoms with E-state index in [1.807, 2.05) is 12.1 Å². The van der Waals surface area contributed by atoms with Crippen LogP contribution in [0.25, 0.3) is 0 Å². The first-order chi connectivity index (χ1) is 12.0. The van der Waals surface area contributed by atoms with Gasteiger partial charge in [0.05, 0.1) is 0 Å². The molecule has 2 aromatic rings. The molecular weight excluding hydrogens is 316 g/mol. The highest BCUT2D eigenvalue weighted by molar-refractivity contribution is 6.05. The Labute approximate surface area is 146 Å². The van der Waals surface area contributed by atoms with Crippen molar-refractivity contribution < 1.29 is 9.59 Å². The SMILES string of the molecule is Cc1ccc(NC(=O)c2ccc(CNC(N)=O)cc2)c2c1NCCC2. The van der Waals surface area contributed by atoms with Gasteiger partial charge in [-0.15, -0.1) is 0 Å². The first-order valence-corrected chi connectivity index (χ1v) is 8.34. The van der Waals surface area contributed by atoms with E-state index in [0.717, 1.165) is 36.3 Å². The number of rotatable bonds is 4. The molecule has 0 spiro atoms. The van der Waals surface area contributed by atoms with E-state index >= 15 is 0 Å². The lowest BCUT2D eigenvalue weighted by Gasteiger charge is -2.23. The summed E-state index contributed by atoms with van der Waals surface area (Å²) in [5.41, 5.74) is 10.9. The van der Waals surface area contributed by atoms with E-state index in [1.165, 1.54) is 11.1 Å². The number of hydrogen-bond acceptors (Lipinski definition) is 3. The molecule has 1 aliphatic rings. The second-order valence-corrected chi connectivity index (χ2v) is 6.18. The minimum atomic E-state index is -0.570. The van der Waals surface area contributed by atoms with E-state index in [4.69, 9.17) is 5.73 Å². The average molecular weight is 338 g/mol. The van der Waals surface area contributed by atoms with Crippen LogP contribution in [0.15, 0.2) is 36.4 Å². The fourth-order valence-corrected chi connectivity index (χ4v) is 3.02. The third kappa shape index (κ3) is 3.91. The van der Waals surface area contributed by atoms with E-state index in [2.05, 4.69) is 22.9 Å². The molecule has 0 aromatic heterocycles. The van der Waals surface area contributed by atoms with Crippen LogP contribution in [0.3, 0.4) is 0 Å². The van der Waals surface area contributed by atoms with E-state index in [1.54, 1.807) is 24.3 Å². The van der Waals surface area contributed by atoms with Crippen molar-refractivity contribution in [2.75, 3.05) is 17.2 Å². The topological polar surface area (TPSA) is 96.2 Å². The maximum absolute atomic E-state index is 12.5. The molecule has 0 radical (unpaired) electrons. The zero-order chi connectivity index (χ0) is 17.8. The van der Waals surface area contributed by atoms with Crippen molar-refractivity contribution in [3.8, 4) is 0 Å². The van der Waals surface area contributed by atoms with Crippen LogP contribution in [0.2, 0.25) is 0 Å². The van der Waals surface area contributed by atoms with E-state index in [-0.39, 0.29) is 5.91 Å². The van der Waals surface area contributed by atoms with Gasteiger partial charge in [-0.25, -0.2) is 4.79 Å². The van der Waals surface area contributed by atoms with E-state index in [0.29, 0.717) is 12.1 Å². The van der Waals surface area contributed by atoms with E-state index in [9.17, 15) is 9.59 Å². The predicted molar refractivity (Wildman–Crippen MR) is 98.8 cm³/mol. The fraction of sp³-hybridized carbons (Fsp3) is 0.263. The Hall–Kier alpha value is -3.02. The molecule has 0 saturated heterocycles. The summed E-state index contributed by atoms with van der Waals surface area (Å²) in [5.74, 6) is -0.147. The third-order valence-corrected chi connectivity index (χ3v) is 4.36. The Morgan fingerprint density at radius 1 is 1.16 bits per heavy atom. The molecule has 0 saturated carbocycles. The van der Waals surface area contributed by atoms with Crippen LogP contribution < -0.4 is 21.7 Å². The van der Waals surface area contributed by atoms with Gasteiger partial charge in [-0.3, -0.25) is 4.79 Å². The zero-order valence-electron chi connectivity index (χ0n) is 14.2. The van der Waals surface area contributed by atoms with Gasteiger partial charge in [0.15, 0.2) is 0 Å². The second-order valence-electron chi connectivity index (χ2n) is 6.18. The lowest BCUT2D eigenvalue weighted by Crippen LogP contribution is -2.28. The van der Waals surface area contributed by atoms with Gasteiger partial charge in [0.25, 0.3) is 5.91 Å². The molecule has 3 rings (SSSR count). The monoisotopic (exact) mass is 338 g/mol. The second kappa shape index (κ2) is 7.25. The molecule has 130 valence electrons. The molecule has 0 fully saturated rings. The molecule has 6 heteroatoms. The quantitative estimate of drug-likeness (QED) is 0.690. The summed E-state index contributed by atoms with van der Waals surface area (Å²) in [5, 5.41) is 8.95. The predicted octanol–water partition coefficient (Wildman–Crippen LogP) is 2.77. The number of hydrogen-bond donors (Lipinski definition) is 4. The number of fused-ring (bicyclic) bond motifs is 1. The highest BCUT2D eigenvalue weighted by Gasteiger charge is 2.17. The minimum Gasteiger partial charge on any atom is -0.385 e. The zero-order valence-corrected chi connectivity index (χ0v) is 14.2. The van der Waals surface area contributed by atoms with Crippen LogP contribution in [0.4, 0.5) is 16.2 Å². The number of benzene rings is 2. The molecule has 3 amide bonds. The normalized spacial score (nSPS) is 12.7. The molecule has 25 heavy (non-hydrogen) atoms. The van der Waals surface area contributed by atoms with Crippen LogP contribution in [-0.4, -0.2) is 18.5 Å². The van der Waals surface area contributed by atoms with Crippen LogP contribution in [0.5, 0.6) is 0 Å². The summed E-state index contributed by atoms with van der Waals surface area (Å²) in [7, 11) is 0. The highest BCUT2D eigenvalue weighted by Crippen LogP contribution is 2.32. The first kappa shape index (κ1) is 16.8. The lowest BCUT2D eigenvalue weighted by atomic mass is 9.97. The maximum Gasteiger partial charge on any atom is 0.312 e. The van der Waals surface area contributed by atoms with Crippen LogP contribution in [0, 0.1) is 6.92 Å². The highest BCUT2D eigenvalue weighted by atomic mass is 16.2. The number of anilines is 2. The molecule has 1 aliphatic heterocycles. The Bertz CT molecular complexity index is 800. The van der Waals surface area contributed by atoms with Crippen molar-refractivity contribution in [1.82, 2.24) is 5.32 Å². The van der Waals surface area contributed by atoms with Gasteiger partial charge in [0, 0.05) is 30.0 Å². The molecule has 0 bridgehead atoms. The number of aryl methyl sites for hydroxylation is 1. The lowest BCUT2D eigenvalue weighted by molar-refractivity contribution is 0.102. The van der Waals surface area contributed by atoms with Gasteiger partial charge in [0.1, 0.15) is 0 Å². The molecule has 1 heterocycles. The van der Waals surface area contributed by atoms with Crippen LogP contribution in [-0.2, 0) is 13.0 Å². The molecule has 0 aliphatic carbocycles. The summed E-state index contributed by atoms with van der Waals surface area (Å²) < 4.78 is 0. The fourth-order valence-electron chi connectivity index (χ4n) is 3.02. The number of urea groups is 1. The minimum absolute atomic E-state index is 0.147. The van der Waals surface area contributed by atoms with Crippen molar-refractivity contribution >= 4 is 23.3 Å². The Kier molecular flexibility index (Phi) is 4.88. The molecule has 6 nitrogen and oxygen atoms in total. The van der Waals surface area contributed by atoms with Crippen molar-refractivity contribution in [3.05, 3.63) is 58.7 Å². The molecule has 5 N–H and O–H groups in total. The van der Waals surface area contributed by atoms with Gasteiger partial charge in [-0.1, -0.05) is 18.2 Å². The van der Waals surface area contributed by atoms with Gasteiger partial charge in [0.2, 0.25) is 0 Å². The standard InChI is InChI=1S/C19H22N4O2/c1-12-4-9-16(15-3-2-10-21-17(12)15)23-18(24)14-7-5-13(6-8-14)11-22-19(20)25/h4-9,21H,2-3,10-11H2,1H3,(H,23,24)(H3,20,22,25). The summed E-state index contributed by atoms with van der Waals surface area (Å²) >= 11 is 0. The van der Waals surface area contributed by atoms with Crippen LogP contribution >= 0.6 is 0 Å². The average Bonchev–Trinajstić information content (AvgIpc) is 2.63. The molecule has 0 atom stereocenters. The number of primary amides is 1. The molecule has 0 unspecified atom stereocenters. The Balaban J connectivity index is 1.73. The smallest absolute Gasteiger partial charge is 0.312 e. The molecular formula is C19H22N4O2. The third-order valence-electron chi connectivity index (χ3n) is 4.36. The van der Waals surface area contributed by atoms with Crippen molar-refractivity contribution in [3.63, 3.8) is 0 Å². The van der Waals surface area contributed by atoms with Gasteiger partial charge >= 0.3 is 6.03 Å². The number of amides is 3. The summed E-state index contributed by atoms with van der Waals surface area (Å²) in [4.78, 5) is 23.3. The Morgan fingerprint density at radius 2 is 1.92 bits per heavy atom. The number of nitrogens with one attached hydrogen (secondary N) is 3. The first-order valence-electron chi connectivity index (χ1n) is 8.34. The van der Waals surface area contributed by atoms with Gasteiger partial charge in [-0.05, 0) is 54.7 Å². The van der Waals surface area contributed by atoms with Crippen molar-refractivity contribution in [2.24, 2.45) is 5.73 Å². The van der Waals surface area contributed by atoms with E-state index < -0.39 is 6.03 Å². The van der Waals surface area contributed by atoms with Crippen molar-refractivity contribution in [2.45, 2.75) is 26.3 Å². The number of carbonyl (C=O) groups is 2. The van der Waals surface area contributed by atoms with Gasteiger partial charge < -0.3 is 21.7 Å². The van der Waals surface area contributed by atoms with Gasteiger partial charge in [-0.2, -0.15) is 0 Å². The van der Waals surface area contributed by atoms with Crippen LogP contribution in [0.1, 0.15) is 33.5 Å². The Morgan fingerprint density at radius 3 is 2.64 bits per heavy atom. The molecule has 2 aromatic carbocycles. The number of nitrogens with two attached hydrogens (primary N) is 1. The van der Waals surface area contributed by atoms with Crippen molar-refractivity contribution in [1.29, 1.82) is 0 Å². The summed E-state index contributed by atoms with van der Waals surface area (Å²) in [6.07, 6.45) is 2.01. The maximum atomic E-state index is 12.5. The summed E-state index contributed by atoms with van der Waals surface area (Å²) in [6, 6.07) is 10.5.